The van der Waals surface area contributed by atoms with Gasteiger partial charge in [0.15, 0.2) is 5.75 Å². The first kappa shape index (κ1) is 17.1. The van der Waals surface area contributed by atoms with Crippen molar-refractivity contribution in [2.24, 2.45) is 0 Å². The molecule has 0 atom stereocenters. The van der Waals surface area contributed by atoms with Crippen molar-refractivity contribution < 1.29 is 17.5 Å². The van der Waals surface area contributed by atoms with Crippen LogP contribution < -0.4 is 4.18 Å². The van der Waals surface area contributed by atoms with Gasteiger partial charge in [0, 0.05) is 23.7 Å². The number of benzene rings is 2. The minimum absolute atomic E-state index is 0.112. The summed E-state index contributed by atoms with van der Waals surface area (Å²) in [6.45, 7) is 1.85. The molecule has 0 saturated carbocycles. The van der Waals surface area contributed by atoms with Crippen LogP contribution in [0.3, 0.4) is 0 Å². The van der Waals surface area contributed by atoms with Gasteiger partial charge in [0.25, 0.3) is 5.69 Å². The monoisotopic (exact) mass is 378 g/mol. The minimum atomic E-state index is -4.23. The Bertz CT molecular complexity index is 1100. The van der Waals surface area contributed by atoms with Gasteiger partial charge in [-0.1, -0.05) is 23.7 Å². The summed E-state index contributed by atoms with van der Waals surface area (Å²) >= 11 is 5.90. The molecule has 9 heteroatoms. The molecule has 128 valence electrons. The van der Waals surface area contributed by atoms with Crippen LogP contribution in [0.25, 0.3) is 10.9 Å². The standard InChI is InChI=1S/C16H11ClN2O5S/c1-10-7-11-3-2-4-15(16(11)18-9-10)25(22,23)24-14-6-5-12(19(20)21)8-13(14)17/h2-9H,1H3. The third kappa shape index (κ3) is 3.40. The van der Waals surface area contributed by atoms with Gasteiger partial charge in [0.05, 0.1) is 15.5 Å². The summed E-state index contributed by atoms with van der Waals surface area (Å²) in [5.41, 5.74) is 0.893. The first-order valence-electron chi connectivity index (χ1n) is 7.02. The Labute approximate surface area is 148 Å². The van der Waals surface area contributed by atoms with E-state index >= 15 is 0 Å². The highest BCUT2D eigenvalue weighted by molar-refractivity contribution is 7.87. The zero-order chi connectivity index (χ0) is 18.2. The Morgan fingerprint density at radius 3 is 2.64 bits per heavy atom. The van der Waals surface area contributed by atoms with E-state index in [4.69, 9.17) is 15.8 Å². The third-order valence-electron chi connectivity index (χ3n) is 3.41. The predicted octanol–water partition coefficient (Wildman–Crippen LogP) is 3.87. The number of fused-ring (bicyclic) bond motifs is 1. The molecule has 0 fully saturated rings. The maximum atomic E-state index is 12.6. The number of hydrogen-bond donors (Lipinski definition) is 0. The lowest BCUT2D eigenvalue weighted by atomic mass is 10.2. The molecule has 25 heavy (non-hydrogen) atoms. The zero-order valence-corrected chi connectivity index (χ0v) is 14.4. The molecule has 0 saturated heterocycles. The quantitative estimate of drug-likeness (QED) is 0.388. The van der Waals surface area contributed by atoms with Crippen molar-refractivity contribution in [2.45, 2.75) is 11.8 Å². The molecule has 0 aliphatic rings. The molecule has 1 aromatic heterocycles. The molecule has 1 heterocycles. The number of nitro groups is 1. The number of rotatable bonds is 4. The van der Waals surface area contributed by atoms with E-state index in [1.807, 2.05) is 6.92 Å². The van der Waals surface area contributed by atoms with Gasteiger partial charge in [-0.15, -0.1) is 0 Å². The average Bonchev–Trinajstić information content (AvgIpc) is 2.55. The van der Waals surface area contributed by atoms with Gasteiger partial charge in [0.2, 0.25) is 0 Å². The lowest BCUT2D eigenvalue weighted by Crippen LogP contribution is -2.11. The second-order valence-corrected chi connectivity index (χ2v) is 7.17. The van der Waals surface area contributed by atoms with Gasteiger partial charge in [-0.25, -0.2) is 0 Å². The van der Waals surface area contributed by atoms with Gasteiger partial charge >= 0.3 is 10.1 Å². The molecule has 0 amide bonds. The van der Waals surface area contributed by atoms with Crippen molar-refractivity contribution in [3.8, 4) is 5.75 Å². The second-order valence-electron chi connectivity index (χ2n) is 5.25. The van der Waals surface area contributed by atoms with E-state index in [1.54, 1.807) is 24.4 Å². The topological polar surface area (TPSA) is 99.4 Å². The Kier molecular flexibility index (Phi) is 4.32. The van der Waals surface area contributed by atoms with E-state index in [9.17, 15) is 18.5 Å². The smallest absolute Gasteiger partial charge is 0.341 e. The van der Waals surface area contributed by atoms with E-state index in [2.05, 4.69) is 4.98 Å². The number of halogens is 1. The van der Waals surface area contributed by atoms with Crippen LogP contribution in [0.1, 0.15) is 5.56 Å². The number of hydrogen-bond acceptors (Lipinski definition) is 6. The van der Waals surface area contributed by atoms with Crippen molar-refractivity contribution in [3.05, 3.63) is 69.4 Å². The lowest BCUT2D eigenvalue weighted by Gasteiger charge is -2.10. The molecule has 0 unspecified atom stereocenters. The number of non-ortho nitro benzene ring substituents is 1. The number of nitrogens with zero attached hydrogens (tertiary/aromatic N) is 2. The number of nitro benzene ring substituents is 1. The summed E-state index contributed by atoms with van der Waals surface area (Å²) < 4.78 is 30.3. The Balaban J connectivity index is 2.05. The molecule has 0 aliphatic heterocycles. The number of para-hydroxylation sites is 1. The van der Waals surface area contributed by atoms with Crippen LogP contribution in [0, 0.1) is 17.0 Å². The highest BCUT2D eigenvalue weighted by atomic mass is 35.5. The molecular formula is C16H11ClN2O5S. The molecular weight excluding hydrogens is 368 g/mol. The third-order valence-corrected chi connectivity index (χ3v) is 4.97. The second kappa shape index (κ2) is 6.30. The fourth-order valence-electron chi connectivity index (χ4n) is 2.28. The molecule has 0 radical (unpaired) electrons. The summed E-state index contributed by atoms with van der Waals surface area (Å²) in [6, 6.07) is 9.78. The Morgan fingerprint density at radius 1 is 1.20 bits per heavy atom. The van der Waals surface area contributed by atoms with Crippen LogP contribution in [-0.4, -0.2) is 18.3 Å². The fraction of sp³-hybridized carbons (Fsp3) is 0.0625. The molecule has 0 N–H and O–H groups in total. The van der Waals surface area contributed by atoms with Crippen molar-refractivity contribution in [1.82, 2.24) is 4.98 Å². The van der Waals surface area contributed by atoms with Gasteiger partial charge in [-0.05, 0) is 30.7 Å². The number of pyridine rings is 1. The van der Waals surface area contributed by atoms with Crippen LogP contribution in [0.5, 0.6) is 5.75 Å². The van der Waals surface area contributed by atoms with E-state index in [0.29, 0.717) is 5.39 Å². The van der Waals surface area contributed by atoms with Crippen LogP contribution >= 0.6 is 11.6 Å². The fourth-order valence-corrected chi connectivity index (χ4v) is 3.66. The van der Waals surface area contributed by atoms with Crippen LogP contribution in [0.2, 0.25) is 5.02 Å². The van der Waals surface area contributed by atoms with E-state index in [-0.39, 0.29) is 26.9 Å². The largest absolute Gasteiger partial charge is 0.377 e. The predicted molar refractivity (Wildman–Crippen MR) is 92.4 cm³/mol. The van der Waals surface area contributed by atoms with Crippen molar-refractivity contribution >= 4 is 38.3 Å². The summed E-state index contributed by atoms with van der Waals surface area (Å²) in [5, 5.41) is 11.2. The van der Waals surface area contributed by atoms with Crippen molar-refractivity contribution in [1.29, 1.82) is 0 Å². The number of aromatic nitrogens is 1. The first-order valence-corrected chi connectivity index (χ1v) is 8.80. The first-order chi connectivity index (χ1) is 11.8. The van der Waals surface area contributed by atoms with E-state index in [0.717, 1.165) is 23.8 Å². The molecule has 0 spiro atoms. The molecule has 3 rings (SSSR count). The molecule has 0 bridgehead atoms. The summed E-state index contributed by atoms with van der Waals surface area (Å²) in [6.07, 6.45) is 1.56. The molecule has 3 aromatic rings. The van der Waals surface area contributed by atoms with Crippen LogP contribution in [0.15, 0.2) is 53.6 Å². The Morgan fingerprint density at radius 2 is 1.96 bits per heavy atom. The molecule has 0 aliphatic carbocycles. The van der Waals surface area contributed by atoms with Crippen molar-refractivity contribution in [2.75, 3.05) is 0 Å². The average molecular weight is 379 g/mol. The minimum Gasteiger partial charge on any atom is -0.377 e. The van der Waals surface area contributed by atoms with Gasteiger partial charge < -0.3 is 4.18 Å². The zero-order valence-electron chi connectivity index (χ0n) is 12.8. The van der Waals surface area contributed by atoms with Crippen LogP contribution in [-0.2, 0) is 10.1 Å². The Hall–Kier alpha value is -2.71. The molecule has 7 nitrogen and oxygen atoms in total. The highest BCUT2D eigenvalue weighted by Crippen LogP contribution is 2.32. The maximum absolute atomic E-state index is 12.6. The normalized spacial score (nSPS) is 11.4. The van der Waals surface area contributed by atoms with E-state index < -0.39 is 15.0 Å². The van der Waals surface area contributed by atoms with Gasteiger partial charge in [-0.2, -0.15) is 8.42 Å². The van der Waals surface area contributed by atoms with Crippen molar-refractivity contribution in [3.63, 3.8) is 0 Å². The highest BCUT2D eigenvalue weighted by Gasteiger charge is 2.23. The molecule has 2 aromatic carbocycles. The van der Waals surface area contributed by atoms with Gasteiger partial charge in [0.1, 0.15) is 4.90 Å². The van der Waals surface area contributed by atoms with Crippen LogP contribution in [0.4, 0.5) is 5.69 Å². The summed E-state index contributed by atoms with van der Waals surface area (Å²) in [7, 11) is -4.23. The summed E-state index contributed by atoms with van der Waals surface area (Å²) in [5.74, 6) is -0.198. The SMILES string of the molecule is Cc1cnc2c(S(=O)(=O)Oc3ccc([N+](=O)[O-])cc3Cl)cccc2c1. The lowest BCUT2D eigenvalue weighted by molar-refractivity contribution is -0.384. The maximum Gasteiger partial charge on any atom is 0.341 e. The van der Waals surface area contributed by atoms with Gasteiger partial charge in [-0.3, -0.25) is 15.1 Å². The summed E-state index contributed by atoms with van der Waals surface area (Å²) in [4.78, 5) is 14.1. The number of aryl methyl sites for hydroxylation is 1. The van der Waals surface area contributed by atoms with E-state index in [1.165, 1.54) is 6.07 Å².